The van der Waals surface area contributed by atoms with Crippen molar-refractivity contribution < 1.29 is 18.7 Å². The van der Waals surface area contributed by atoms with Gasteiger partial charge in [-0.1, -0.05) is 6.42 Å². The maximum absolute atomic E-state index is 13.4. The second kappa shape index (κ2) is 5.04. The summed E-state index contributed by atoms with van der Waals surface area (Å²) in [5, 5.41) is 8.89. The molecule has 0 heterocycles. The average molecular weight is 258 g/mol. The van der Waals surface area contributed by atoms with E-state index in [1.807, 2.05) is 0 Å². The molecule has 1 N–H and O–H groups in total. The van der Waals surface area contributed by atoms with Crippen LogP contribution in [0.2, 0.25) is 0 Å². The molecule has 0 amide bonds. The first-order chi connectivity index (χ1) is 8.08. The monoisotopic (exact) mass is 258 g/mol. The quantitative estimate of drug-likeness (QED) is 0.903. The summed E-state index contributed by atoms with van der Waals surface area (Å²) in [4.78, 5) is 11.3. The van der Waals surface area contributed by atoms with Crippen LogP contribution in [0.15, 0.2) is 23.1 Å². The Hall–Kier alpha value is -1.10. The highest BCUT2D eigenvalue weighted by Crippen LogP contribution is 2.39. The van der Waals surface area contributed by atoms with Crippen LogP contribution in [0.4, 0.5) is 8.78 Å². The molecule has 2 rings (SSSR count). The fraction of sp³-hybridized carbons (Fsp3) is 0.417. The van der Waals surface area contributed by atoms with Gasteiger partial charge in [-0.3, -0.25) is 4.79 Å². The maximum atomic E-state index is 13.4. The molecule has 0 aromatic heterocycles. The zero-order valence-corrected chi connectivity index (χ0v) is 9.84. The zero-order chi connectivity index (χ0) is 12.4. The Balaban J connectivity index is 2.12. The molecule has 17 heavy (non-hydrogen) atoms. The lowest BCUT2D eigenvalue weighted by molar-refractivity contribution is -0.141. The fourth-order valence-corrected chi connectivity index (χ4v) is 3.43. The van der Waals surface area contributed by atoms with Crippen LogP contribution in [0.5, 0.6) is 0 Å². The van der Waals surface area contributed by atoms with E-state index in [-0.39, 0.29) is 5.25 Å². The molecule has 2 unspecified atom stereocenters. The number of rotatable bonds is 3. The number of aliphatic carboxylic acids is 1. The normalized spacial score (nSPS) is 23.9. The van der Waals surface area contributed by atoms with Gasteiger partial charge in [-0.25, -0.2) is 8.78 Å². The molecule has 0 saturated heterocycles. The van der Waals surface area contributed by atoms with E-state index in [0.29, 0.717) is 11.3 Å². The van der Waals surface area contributed by atoms with Gasteiger partial charge in [0.2, 0.25) is 0 Å². The molecular formula is C12H12F2O2S. The van der Waals surface area contributed by atoms with E-state index in [9.17, 15) is 13.6 Å². The molecule has 0 bridgehead atoms. The maximum Gasteiger partial charge on any atom is 0.307 e. The Kier molecular flexibility index (Phi) is 3.66. The zero-order valence-electron chi connectivity index (χ0n) is 9.03. The summed E-state index contributed by atoms with van der Waals surface area (Å²) in [6.07, 6.45) is 2.24. The van der Waals surface area contributed by atoms with Gasteiger partial charge in [0.15, 0.2) is 0 Å². The third kappa shape index (κ3) is 2.77. The van der Waals surface area contributed by atoms with Gasteiger partial charge in [0.05, 0.1) is 5.92 Å². The summed E-state index contributed by atoms with van der Waals surface area (Å²) < 4.78 is 26.1. The van der Waals surface area contributed by atoms with Crippen molar-refractivity contribution in [3.8, 4) is 0 Å². The highest BCUT2D eigenvalue weighted by atomic mass is 32.2. The van der Waals surface area contributed by atoms with Crippen LogP contribution in [0.25, 0.3) is 0 Å². The molecular weight excluding hydrogens is 246 g/mol. The predicted octanol–water partition coefficient (Wildman–Crippen LogP) is 3.31. The van der Waals surface area contributed by atoms with E-state index >= 15 is 0 Å². The van der Waals surface area contributed by atoms with E-state index in [1.165, 1.54) is 23.9 Å². The molecule has 92 valence electrons. The summed E-state index contributed by atoms with van der Waals surface area (Å²) in [6.45, 7) is 0. The first kappa shape index (κ1) is 12.4. The van der Waals surface area contributed by atoms with Crippen molar-refractivity contribution in [1.82, 2.24) is 0 Å². The standard InChI is InChI=1S/C12H12F2O2S/c13-7-4-5-11(9(14)6-7)17-10-3-1-2-8(10)12(15)16/h4-6,8,10H,1-3H2,(H,15,16). The Labute approximate surface area is 102 Å². The lowest BCUT2D eigenvalue weighted by Gasteiger charge is -2.15. The summed E-state index contributed by atoms with van der Waals surface area (Å²) in [7, 11) is 0. The highest BCUT2D eigenvalue weighted by Gasteiger charge is 2.33. The van der Waals surface area contributed by atoms with Crippen LogP contribution >= 0.6 is 11.8 Å². The minimum atomic E-state index is -0.831. The molecule has 1 fully saturated rings. The van der Waals surface area contributed by atoms with Gasteiger partial charge in [-0.15, -0.1) is 11.8 Å². The Morgan fingerprint density at radius 1 is 1.35 bits per heavy atom. The molecule has 1 aliphatic rings. The van der Waals surface area contributed by atoms with Crippen molar-refractivity contribution in [1.29, 1.82) is 0 Å². The number of carboxylic acids is 1. The van der Waals surface area contributed by atoms with Crippen molar-refractivity contribution in [2.24, 2.45) is 5.92 Å². The summed E-state index contributed by atoms with van der Waals surface area (Å²) in [5.41, 5.74) is 0. The summed E-state index contributed by atoms with van der Waals surface area (Å²) >= 11 is 1.20. The number of thioether (sulfide) groups is 1. The molecule has 5 heteroatoms. The molecule has 1 aromatic carbocycles. The molecule has 1 saturated carbocycles. The number of hydrogen-bond donors (Lipinski definition) is 1. The van der Waals surface area contributed by atoms with Crippen LogP contribution in [-0.2, 0) is 4.79 Å². The Bertz CT molecular complexity index is 437. The van der Waals surface area contributed by atoms with E-state index in [4.69, 9.17) is 5.11 Å². The van der Waals surface area contributed by atoms with Crippen molar-refractivity contribution >= 4 is 17.7 Å². The lowest BCUT2D eigenvalue weighted by Crippen LogP contribution is -2.20. The van der Waals surface area contributed by atoms with Gasteiger partial charge < -0.3 is 5.11 Å². The SMILES string of the molecule is O=C(O)C1CCCC1Sc1ccc(F)cc1F. The predicted molar refractivity (Wildman–Crippen MR) is 61.0 cm³/mol. The molecule has 1 aromatic rings. The van der Waals surface area contributed by atoms with Crippen LogP contribution < -0.4 is 0 Å². The molecule has 2 atom stereocenters. The van der Waals surface area contributed by atoms with Crippen molar-refractivity contribution in [3.05, 3.63) is 29.8 Å². The van der Waals surface area contributed by atoms with Crippen molar-refractivity contribution in [2.45, 2.75) is 29.4 Å². The average Bonchev–Trinajstić information content (AvgIpc) is 2.70. The Morgan fingerprint density at radius 3 is 2.76 bits per heavy atom. The first-order valence-corrected chi connectivity index (χ1v) is 6.30. The minimum absolute atomic E-state index is 0.118. The number of carboxylic acid groups (broad SMARTS) is 1. The third-order valence-electron chi connectivity index (χ3n) is 2.94. The number of halogens is 2. The van der Waals surface area contributed by atoms with Crippen LogP contribution in [0.3, 0.4) is 0 Å². The lowest BCUT2D eigenvalue weighted by atomic mass is 10.1. The van der Waals surface area contributed by atoms with E-state index in [2.05, 4.69) is 0 Å². The first-order valence-electron chi connectivity index (χ1n) is 5.42. The molecule has 1 aliphatic carbocycles. The molecule has 0 radical (unpaired) electrons. The van der Waals surface area contributed by atoms with Gasteiger partial charge in [0, 0.05) is 16.2 Å². The molecule has 0 aliphatic heterocycles. The van der Waals surface area contributed by atoms with Gasteiger partial charge in [-0.2, -0.15) is 0 Å². The summed E-state index contributed by atoms with van der Waals surface area (Å²) in [6, 6.07) is 3.38. The van der Waals surface area contributed by atoms with Crippen molar-refractivity contribution in [2.75, 3.05) is 0 Å². The molecule has 2 nitrogen and oxygen atoms in total. The second-order valence-corrected chi connectivity index (χ2v) is 5.39. The second-order valence-electron chi connectivity index (χ2n) is 4.11. The number of hydrogen-bond acceptors (Lipinski definition) is 2. The third-order valence-corrected chi connectivity index (χ3v) is 4.39. The van der Waals surface area contributed by atoms with Crippen molar-refractivity contribution in [3.63, 3.8) is 0 Å². The number of benzene rings is 1. The van der Waals surface area contributed by atoms with Crippen LogP contribution in [0.1, 0.15) is 19.3 Å². The molecule has 0 spiro atoms. The van der Waals surface area contributed by atoms with Gasteiger partial charge in [-0.05, 0) is 25.0 Å². The van der Waals surface area contributed by atoms with E-state index in [1.54, 1.807) is 0 Å². The van der Waals surface area contributed by atoms with E-state index in [0.717, 1.165) is 18.9 Å². The highest BCUT2D eigenvalue weighted by molar-refractivity contribution is 8.00. The van der Waals surface area contributed by atoms with Gasteiger partial charge >= 0.3 is 5.97 Å². The minimum Gasteiger partial charge on any atom is -0.481 e. The summed E-state index contributed by atoms with van der Waals surface area (Å²) in [5.74, 6) is -2.49. The number of carbonyl (C=O) groups is 1. The van der Waals surface area contributed by atoms with Gasteiger partial charge in [0.25, 0.3) is 0 Å². The van der Waals surface area contributed by atoms with Crippen LogP contribution in [-0.4, -0.2) is 16.3 Å². The largest absolute Gasteiger partial charge is 0.481 e. The van der Waals surface area contributed by atoms with Crippen LogP contribution in [0, 0.1) is 17.6 Å². The van der Waals surface area contributed by atoms with Gasteiger partial charge in [0.1, 0.15) is 11.6 Å². The Morgan fingerprint density at radius 2 is 2.12 bits per heavy atom. The topological polar surface area (TPSA) is 37.3 Å². The fourth-order valence-electron chi connectivity index (χ4n) is 2.08. The smallest absolute Gasteiger partial charge is 0.307 e. The van der Waals surface area contributed by atoms with E-state index < -0.39 is 23.5 Å².